The molecule has 28 heavy (non-hydrogen) atoms. The van der Waals surface area contributed by atoms with Crippen molar-refractivity contribution >= 4 is 17.7 Å². The molecule has 2 aromatic rings. The van der Waals surface area contributed by atoms with Gasteiger partial charge in [0.05, 0.1) is 25.8 Å². The van der Waals surface area contributed by atoms with Gasteiger partial charge in [0.1, 0.15) is 11.5 Å². The van der Waals surface area contributed by atoms with Crippen molar-refractivity contribution in [3.63, 3.8) is 0 Å². The standard InChI is InChI=1S/C21H23NO6/c1-14(23)19(9-15-7-5-4-6-8-15)22-20(24)13-28-21(25)16-10-17(26-2)12-18(11-16)27-3/h4-8,10-12,19H,9,13H2,1-3H3,(H,22,24)/t19-/m0/s1. The number of ketones is 1. The summed E-state index contributed by atoms with van der Waals surface area (Å²) in [5, 5.41) is 2.60. The molecular weight excluding hydrogens is 362 g/mol. The summed E-state index contributed by atoms with van der Waals surface area (Å²) in [5.74, 6) is -0.583. The summed E-state index contributed by atoms with van der Waals surface area (Å²) in [6.45, 7) is 0.902. The van der Waals surface area contributed by atoms with E-state index in [0.29, 0.717) is 17.9 Å². The normalized spacial score (nSPS) is 11.2. The number of carbonyl (C=O) groups excluding carboxylic acids is 3. The summed E-state index contributed by atoms with van der Waals surface area (Å²) in [5.41, 5.74) is 1.11. The molecule has 1 amide bonds. The number of ether oxygens (including phenoxy) is 3. The van der Waals surface area contributed by atoms with Gasteiger partial charge in [0.2, 0.25) is 0 Å². The Hall–Kier alpha value is -3.35. The van der Waals surface area contributed by atoms with Crippen LogP contribution < -0.4 is 14.8 Å². The van der Waals surface area contributed by atoms with E-state index in [0.717, 1.165) is 5.56 Å². The summed E-state index contributed by atoms with van der Waals surface area (Å²) in [6.07, 6.45) is 0.364. The number of benzene rings is 2. The summed E-state index contributed by atoms with van der Waals surface area (Å²) in [4.78, 5) is 36.2. The molecule has 0 aliphatic heterocycles. The van der Waals surface area contributed by atoms with E-state index in [2.05, 4.69) is 5.32 Å². The minimum Gasteiger partial charge on any atom is -0.497 e. The van der Waals surface area contributed by atoms with Crippen molar-refractivity contribution in [1.29, 1.82) is 0 Å². The minimum atomic E-state index is -0.699. The van der Waals surface area contributed by atoms with Gasteiger partial charge in [0.15, 0.2) is 12.4 Å². The van der Waals surface area contributed by atoms with Gasteiger partial charge in [-0.15, -0.1) is 0 Å². The van der Waals surface area contributed by atoms with Crippen LogP contribution in [0, 0.1) is 0 Å². The van der Waals surface area contributed by atoms with Crippen molar-refractivity contribution in [1.82, 2.24) is 5.32 Å². The highest BCUT2D eigenvalue weighted by atomic mass is 16.5. The third-order valence-electron chi connectivity index (χ3n) is 4.03. The number of esters is 1. The first-order chi connectivity index (χ1) is 13.4. The average molecular weight is 385 g/mol. The first-order valence-corrected chi connectivity index (χ1v) is 8.67. The average Bonchev–Trinajstić information content (AvgIpc) is 2.71. The summed E-state index contributed by atoms with van der Waals surface area (Å²) >= 11 is 0. The Morgan fingerprint density at radius 1 is 0.964 bits per heavy atom. The van der Waals surface area contributed by atoms with Crippen LogP contribution in [0.2, 0.25) is 0 Å². The second kappa shape index (κ2) is 10.1. The molecule has 7 nitrogen and oxygen atoms in total. The molecule has 0 aromatic heterocycles. The van der Waals surface area contributed by atoms with Crippen LogP contribution in [0.25, 0.3) is 0 Å². The molecule has 0 saturated heterocycles. The quantitative estimate of drug-likeness (QED) is 0.666. The molecule has 0 aliphatic carbocycles. The molecule has 0 saturated carbocycles. The van der Waals surface area contributed by atoms with Gasteiger partial charge in [0, 0.05) is 6.07 Å². The summed E-state index contributed by atoms with van der Waals surface area (Å²) in [6, 6.07) is 13.2. The van der Waals surface area contributed by atoms with Gasteiger partial charge in [0.25, 0.3) is 5.91 Å². The first kappa shape index (κ1) is 21.0. The molecule has 7 heteroatoms. The summed E-state index contributed by atoms with van der Waals surface area (Å²) < 4.78 is 15.3. The third kappa shape index (κ3) is 6.12. The lowest BCUT2D eigenvalue weighted by Gasteiger charge is -2.16. The second-order valence-corrected chi connectivity index (χ2v) is 6.10. The molecule has 0 unspecified atom stereocenters. The van der Waals surface area contributed by atoms with Crippen molar-refractivity contribution < 1.29 is 28.6 Å². The molecule has 0 aliphatic rings. The Balaban J connectivity index is 1.95. The molecule has 2 rings (SSSR count). The van der Waals surface area contributed by atoms with Gasteiger partial charge in [-0.2, -0.15) is 0 Å². The van der Waals surface area contributed by atoms with Gasteiger partial charge in [-0.05, 0) is 31.0 Å². The number of hydrogen-bond donors (Lipinski definition) is 1. The highest BCUT2D eigenvalue weighted by Crippen LogP contribution is 2.22. The molecule has 0 spiro atoms. The number of rotatable bonds is 9. The van der Waals surface area contributed by atoms with Gasteiger partial charge in [-0.3, -0.25) is 9.59 Å². The van der Waals surface area contributed by atoms with Gasteiger partial charge in [-0.25, -0.2) is 4.79 Å². The Morgan fingerprint density at radius 3 is 2.11 bits per heavy atom. The van der Waals surface area contributed by atoms with Crippen molar-refractivity contribution in [2.24, 2.45) is 0 Å². The maximum Gasteiger partial charge on any atom is 0.338 e. The molecule has 2 aromatic carbocycles. The van der Waals surface area contributed by atoms with Crippen LogP contribution in [0.3, 0.4) is 0 Å². The number of amides is 1. The van der Waals surface area contributed by atoms with Crippen LogP contribution >= 0.6 is 0 Å². The molecule has 0 radical (unpaired) electrons. The van der Waals surface area contributed by atoms with Crippen molar-refractivity contribution in [3.8, 4) is 11.5 Å². The fourth-order valence-corrected chi connectivity index (χ4v) is 2.52. The number of nitrogens with one attached hydrogen (secondary N) is 1. The van der Waals surface area contributed by atoms with Gasteiger partial charge in [-0.1, -0.05) is 30.3 Å². The van der Waals surface area contributed by atoms with E-state index in [4.69, 9.17) is 14.2 Å². The lowest BCUT2D eigenvalue weighted by atomic mass is 10.0. The lowest BCUT2D eigenvalue weighted by molar-refractivity contribution is -0.128. The Morgan fingerprint density at radius 2 is 1.57 bits per heavy atom. The zero-order chi connectivity index (χ0) is 20.5. The lowest BCUT2D eigenvalue weighted by Crippen LogP contribution is -2.43. The number of methoxy groups -OCH3 is 2. The number of Topliss-reactive ketones (excluding diaryl/α,β-unsaturated/α-hetero) is 1. The molecule has 148 valence electrons. The van der Waals surface area contributed by atoms with E-state index in [1.54, 1.807) is 6.07 Å². The highest BCUT2D eigenvalue weighted by Gasteiger charge is 2.19. The number of hydrogen-bond acceptors (Lipinski definition) is 6. The predicted octanol–water partition coefficient (Wildman–Crippen LogP) is 2.18. The second-order valence-electron chi connectivity index (χ2n) is 6.10. The first-order valence-electron chi connectivity index (χ1n) is 8.67. The molecule has 1 atom stereocenters. The SMILES string of the molecule is COc1cc(OC)cc(C(=O)OCC(=O)N[C@@H](Cc2ccccc2)C(C)=O)c1. The Labute approximate surface area is 163 Å². The van der Waals surface area contributed by atoms with E-state index in [9.17, 15) is 14.4 Å². The monoisotopic (exact) mass is 385 g/mol. The maximum atomic E-state index is 12.2. The molecule has 1 N–H and O–H groups in total. The largest absolute Gasteiger partial charge is 0.497 e. The van der Waals surface area contributed by atoms with Gasteiger partial charge < -0.3 is 19.5 Å². The minimum absolute atomic E-state index is 0.180. The third-order valence-corrected chi connectivity index (χ3v) is 4.03. The number of carbonyl (C=O) groups is 3. The van der Waals surface area contributed by atoms with Crippen LogP contribution in [0.15, 0.2) is 48.5 Å². The zero-order valence-corrected chi connectivity index (χ0v) is 16.1. The van der Waals surface area contributed by atoms with Gasteiger partial charge >= 0.3 is 5.97 Å². The molecule has 0 bridgehead atoms. The fourth-order valence-electron chi connectivity index (χ4n) is 2.52. The van der Waals surface area contributed by atoms with Crippen LogP contribution in [0.5, 0.6) is 11.5 Å². The zero-order valence-electron chi connectivity index (χ0n) is 16.1. The van der Waals surface area contributed by atoms with Crippen molar-refractivity contribution in [2.45, 2.75) is 19.4 Å². The summed E-state index contributed by atoms with van der Waals surface area (Å²) in [7, 11) is 2.93. The van der Waals surface area contributed by atoms with Crippen molar-refractivity contribution in [2.75, 3.05) is 20.8 Å². The van der Waals surface area contributed by atoms with E-state index in [1.807, 2.05) is 30.3 Å². The molecule has 0 heterocycles. The topological polar surface area (TPSA) is 90.9 Å². The van der Waals surface area contributed by atoms with Crippen LogP contribution in [-0.4, -0.2) is 44.5 Å². The van der Waals surface area contributed by atoms with Crippen LogP contribution in [-0.2, 0) is 20.7 Å². The van der Waals surface area contributed by atoms with Crippen LogP contribution in [0.4, 0.5) is 0 Å². The Bertz CT molecular complexity index is 812. The highest BCUT2D eigenvalue weighted by molar-refractivity contribution is 5.93. The van der Waals surface area contributed by atoms with Crippen molar-refractivity contribution in [3.05, 3.63) is 59.7 Å². The van der Waals surface area contributed by atoms with E-state index in [1.165, 1.54) is 33.3 Å². The van der Waals surface area contributed by atoms with E-state index in [-0.39, 0.29) is 11.3 Å². The molecular formula is C21H23NO6. The Kier molecular flexibility index (Phi) is 7.56. The smallest absolute Gasteiger partial charge is 0.338 e. The fraction of sp³-hybridized carbons (Fsp3) is 0.286. The van der Waals surface area contributed by atoms with Crippen LogP contribution in [0.1, 0.15) is 22.8 Å². The maximum absolute atomic E-state index is 12.2. The van der Waals surface area contributed by atoms with E-state index < -0.39 is 24.5 Å². The van der Waals surface area contributed by atoms with E-state index >= 15 is 0 Å². The molecule has 0 fully saturated rings. The predicted molar refractivity (Wildman–Crippen MR) is 103 cm³/mol.